The van der Waals surface area contributed by atoms with Gasteiger partial charge in [-0.05, 0) is 38.1 Å². The van der Waals surface area contributed by atoms with Crippen LogP contribution in [0.5, 0.6) is 0 Å². The highest BCUT2D eigenvalue weighted by molar-refractivity contribution is 7.15. The molecule has 0 aliphatic rings. The van der Waals surface area contributed by atoms with Gasteiger partial charge in [-0.2, -0.15) is 0 Å². The summed E-state index contributed by atoms with van der Waals surface area (Å²) < 4.78 is 0. The van der Waals surface area contributed by atoms with E-state index in [0.29, 0.717) is 6.04 Å². The molecule has 2 rings (SSSR count). The molecular formula is C13H17N3S. The lowest BCUT2D eigenvalue weighted by atomic mass is 10.2. The molecule has 0 spiro atoms. The minimum atomic E-state index is 0.357. The van der Waals surface area contributed by atoms with Gasteiger partial charge in [-0.1, -0.05) is 6.92 Å². The summed E-state index contributed by atoms with van der Waals surface area (Å²) in [5.41, 5.74) is 2.18. The summed E-state index contributed by atoms with van der Waals surface area (Å²) in [5, 5.41) is 4.38. The van der Waals surface area contributed by atoms with E-state index in [9.17, 15) is 0 Å². The van der Waals surface area contributed by atoms with Crippen molar-refractivity contribution >= 4 is 11.3 Å². The lowest BCUT2D eigenvalue weighted by molar-refractivity contribution is 0.606. The molecule has 2 heterocycles. The molecule has 0 aliphatic heterocycles. The van der Waals surface area contributed by atoms with Gasteiger partial charge in [0, 0.05) is 23.3 Å². The van der Waals surface area contributed by atoms with Gasteiger partial charge in [0.05, 0.1) is 5.69 Å². The molecule has 0 fully saturated rings. The first-order valence-electron chi connectivity index (χ1n) is 5.83. The van der Waals surface area contributed by atoms with Crippen LogP contribution in [0.1, 0.15) is 30.3 Å². The van der Waals surface area contributed by atoms with Crippen LogP contribution in [0.3, 0.4) is 0 Å². The number of nitrogens with zero attached hydrogens (tertiary/aromatic N) is 2. The van der Waals surface area contributed by atoms with E-state index in [-0.39, 0.29) is 0 Å². The molecule has 1 N–H and O–H groups in total. The van der Waals surface area contributed by atoms with Gasteiger partial charge in [0.25, 0.3) is 0 Å². The zero-order chi connectivity index (χ0) is 12.3. The van der Waals surface area contributed by atoms with Gasteiger partial charge in [0.2, 0.25) is 0 Å². The number of aromatic nitrogens is 2. The largest absolute Gasteiger partial charge is 0.310 e. The summed E-state index contributed by atoms with van der Waals surface area (Å²) in [5.74, 6) is 0. The standard InChI is InChI=1S/C13H17N3S/c1-4-14-10(3)12-8-16-13(17-12)11-7-9(2)5-6-15-11/h5-8,10,14H,4H2,1-3H3. The van der Waals surface area contributed by atoms with Gasteiger partial charge in [0.15, 0.2) is 0 Å². The van der Waals surface area contributed by atoms with Crippen LogP contribution < -0.4 is 5.32 Å². The fourth-order valence-corrected chi connectivity index (χ4v) is 2.58. The molecule has 4 heteroatoms. The van der Waals surface area contributed by atoms with Crippen LogP contribution in [-0.2, 0) is 0 Å². The molecule has 0 amide bonds. The van der Waals surface area contributed by atoms with E-state index < -0.39 is 0 Å². The molecule has 1 atom stereocenters. The lowest BCUT2D eigenvalue weighted by Gasteiger charge is -2.08. The lowest BCUT2D eigenvalue weighted by Crippen LogP contribution is -2.16. The van der Waals surface area contributed by atoms with Crippen molar-refractivity contribution in [2.75, 3.05) is 6.54 Å². The third-order valence-corrected chi connectivity index (χ3v) is 3.80. The maximum atomic E-state index is 4.45. The zero-order valence-corrected chi connectivity index (χ0v) is 11.2. The summed E-state index contributed by atoms with van der Waals surface area (Å²) in [6, 6.07) is 4.43. The number of hydrogen-bond donors (Lipinski definition) is 1. The Balaban J connectivity index is 2.23. The Kier molecular flexibility index (Phi) is 3.86. The summed E-state index contributed by atoms with van der Waals surface area (Å²) in [6.07, 6.45) is 3.77. The smallest absolute Gasteiger partial charge is 0.142 e. The summed E-state index contributed by atoms with van der Waals surface area (Å²) in [4.78, 5) is 10.1. The number of nitrogens with one attached hydrogen (secondary N) is 1. The van der Waals surface area contributed by atoms with Gasteiger partial charge in [-0.3, -0.25) is 4.98 Å². The van der Waals surface area contributed by atoms with Crippen LogP contribution in [0, 0.1) is 6.92 Å². The first kappa shape index (κ1) is 12.2. The molecule has 2 aromatic rings. The monoisotopic (exact) mass is 247 g/mol. The van der Waals surface area contributed by atoms with Crippen molar-refractivity contribution in [1.29, 1.82) is 0 Å². The summed E-state index contributed by atoms with van der Waals surface area (Å²) >= 11 is 1.71. The molecular weight excluding hydrogens is 230 g/mol. The molecule has 0 saturated carbocycles. The van der Waals surface area contributed by atoms with E-state index in [1.807, 2.05) is 18.5 Å². The van der Waals surface area contributed by atoms with Gasteiger partial charge >= 0.3 is 0 Å². The number of thiazole rings is 1. The molecule has 0 aliphatic carbocycles. The topological polar surface area (TPSA) is 37.8 Å². The zero-order valence-electron chi connectivity index (χ0n) is 10.4. The predicted octanol–water partition coefficient (Wildman–Crippen LogP) is 3.18. The number of aryl methyl sites for hydroxylation is 1. The Bertz CT molecular complexity index is 493. The minimum absolute atomic E-state index is 0.357. The summed E-state index contributed by atoms with van der Waals surface area (Å²) in [6.45, 7) is 7.31. The molecule has 1 unspecified atom stereocenters. The highest BCUT2D eigenvalue weighted by Gasteiger charge is 2.10. The normalized spacial score (nSPS) is 12.6. The van der Waals surface area contributed by atoms with E-state index in [1.54, 1.807) is 11.3 Å². The number of hydrogen-bond acceptors (Lipinski definition) is 4. The fourth-order valence-electron chi connectivity index (χ4n) is 1.67. The van der Waals surface area contributed by atoms with Crippen LogP contribution >= 0.6 is 11.3 Å². The second-order valence-electron chi connectivity index (χ2n) is 4.07. The molecule has 0 aromatic carbocycles. The second-order valence-corrected chi connectivity index (χ2v) is 5.13. The van der Waals surface area contributed by atoms with E-state index in [2.05, 4.69) is 42.1 Å². The Morgan fingerprint density at radius 1 is 1.41 bits per heavy atom. The van der Waals surface area contributed by atoms with Crippen molar-refractivity contribution in [3.05, 3.63) is 35.0 Å². The fraction of sp³-hybridized carbons (Fsp3) is 0.385. The van der Waals surface area contributed by atoms with Crippen LogP contribution in [-0.4, -0.2) is 16.5 Å². The summed E-state index contributed by atoms with van der Waals surface area (Å²) in [7, 11) is 0. The Hall–Kier alpha value is -1.26. The van der Waals surface area contributed by atoms with Crippen molar-refractivity contribution in [3.8, 4) is 10.7 Å². The third-order valence-electron chi connectivity index (χ3n) is 2.60. The van der Waals surface area contributed by atoms with E-state index in [4.69, 9.17) is 0 Å². The van der Waals surface area contributed by atoms with Crippen LogP contribution in [0.15, 0.2) is 24.5 Å². The second kappa shape index (κ2) is 5.38. The quantitative estimate of drug-likeness (QED) is 0.901. The molecule has 0 bridgehead atoms. The SMILES string of the molecule is CCNC(C)c1cnc(-c2cc(C)ccn2)s1. The van der Waals surface area contributed by atoms with Crippen molar-refractivity contribution in [2.24, 2.45) is 0 Å². The number of rotatable bonds is 4. The van der Waals surface area contributed by atoms with E-state index in [1.165, 1.54) is 10.4 Å². The molecule has 90 valence electrons. The highest BCUT2D eigenvalue weighted by atomic mass is 32.1. The van der Waals surface area contributed by atoms with Gasteiger partial charge in [-0.15, -0.1) is 11.3 Å². The minimum Gasteiger partial charge on any atom is -0.310 e. The average molecular weight is 247 g/mol. The first-order valence-corrected chi connectivity index (χ1v) is 6.64. The Morgan fingerprint density at radius 3 is 2.94 bits per heavy atom. The molecule has 0 radical (unpaired) electrons. The number of pyridine rings is 1. The van der Waals surface area contributed by atoms with E-state index in [0.717, 1.165) is 17.2 Å². The van der Waals surface area contributed by atoms with Crippen LogP contribution in [0.25, 0.3) is 10.7 Å². The molecule has 0 saturated heterocycles. The van der Waals surface area contributed by atoms with Crippen molar-refractivity contribution < 1.29 is 0 Å². The van der Waals surface area contributed by atoms with Crippen LogP contribution in [0.2, 0.25) is 0 Å². The maximum Gasteiger partial charge on any atom is 0.142 e. The van der Waals surface area contributed by atoms with Crippen molar-refractivity contribution in [1.82, 2.24) is 15.3 Å². The van der Waals surface area contributed by atoms with Crippen molar-refractivity contribution in [2.45, 2.75) is 26.8 Å². The first-order chi connectivity index (χ1) is 8.20. The third kappa shape index (κ3) is 2.90. The molecule has 2 aromatic heterocycles. The predicted molar refractivity (Wildman–Crippen MR) is 72.2 cm³/mol. The van der Waals surface area contributed by atoms with Gasteiger partial charge in [-0.25, -0.2) is 4.98 Å². The maximum absolute atomic E-state index is 4.45. The molecule has 17 heavy (non-hydrogen) atoms. The Morgan fingerprint density at radius 2 is 2.24 bits per heavy atom. The Labute approximate surface area is 106 Å². The van der Waals surface area contributed by atoms with Crippen LogP contribution in [0.4, 0.5) is 0 Å². The van der Waals surface area contributed by atoms with Gasteiger partial charge < -0.3 is 5.32 Å². The molecule has 3 nitrogen and oxygen atoms in total. The van der Waals surface area contributed by atoms with E-state index >= 15 is 0 Å². The van der Waals surface area contributed by atoms with Crippen molar-refractivity contribution in [3.63, 3.8) is 0 Å². The highest BCUT2D eigenvalue weighted by Crippen LogP contribution is 2.27. The average Bonchev–Trinajstić information content (AvgIpc) is 2.78. The van der Waals surface area contributed by atoms with Gasteiger partial charge in [0.1, 0.15) is 5.01 Å².